The minimum Gasteiger partial charge on any atom is -0.378 e. The Labute approximate surface area is 110 Å². The number of hydrogen-bond acceptors (Lipinski definition) is 3. The van der Waals surface area contributed by atoms with Crippen LogP contribution in [0.3, 0.4) is 0 Å². The molecule has 0 heterocycles. The molecule has 0 saturated heterocycles. The molecule has 3 heteroatoms. The zero-order chi connectivity index (χ0) is 13.0. The van der Waals surface area contributed by atoms with Gasteiger partial charge in [0.05, 0.1) is 0 Å². The molecule has 0 radical (unpaired) electrons. The van der Waals surface area contributed by atoms with Crippen LogP contribution in [0.4, 0.5) is 5.69 Å². The molecule has 0 aromatic heterocycles. The van der Waals surface area contributed by atoms with Crippen LogP contribution in [0.5, 0.6) is 0 Å². The minimum absolute atomic E-state index is 0.292. The van der Waals surface area contributed by atoms with Crippen molar-refractivity contribution in [1.82, 2.24) is 5.32 Å². The monoisotopic (exact) mass is 247 g/mol. The van der Waals surface area contributed by atoms with E-state index in [-0.39, 0.29) is 0 Å². The Morgan fingerprint density at radius 3 is 2.44 bits per heavy atom. The summed E-state index contributed by atoms with van der Waals surface area (Å²) in [5.74, 6) is 0.979. The SMILES string of the molecule is CN(C)c1ccc(C(CN)NCCC2CC2)cc1. The summed E-state index contributed by atoms with van der Waals surface area (Å²) in [6.45, 7) is 1.74. The molecule has 1 aromatic carbocycles. The van der Waals surface area contributed by atoms with Gasteiger partial charge in [0, 0.05) is 32.4 Å². The van der Waals surface area contributed by atoms with E-state index in [2.05, 4.69) is 48.6 Å². The van der Waals surface area contributed by atoms with E-state index in [1.54, 1.807) is 0 Å². The van der Waals surface area contributed by atoms with Crippen molar-refractivity contribution in [3.05, 3.63) is 29.8 Å². The average molecular weight is 247 g/mol. The lowest BCUT2D eigenvalue weighted by atomic mass is 10.1. The van der Waals surface area contributed by atoms with E-state index in [4.69, 9.17) is 5.73 Å². The van der Waals surface area contributed by atoms with Crippen LogP contribution in [0, 0.1) is 5.92 Å². The van der Waals surface area contributed by atoms with Gasteiger partial charge >= 0.3 is 0 Å². The minimum atomic E-state index is 0.292. The number of hydrogen-bond donors (Lipinski definition) is 2. The summed E-state index contributed by atoms with van der Waals surface area (Å²) in [6.07, 6.45) is 4.14. The Hall–Kier alpha value is -1.06. The first-order valence-electron chi connectivity index (χ1n) is 6.91. The third kappa shape index (κ3) is 3.72. The molecule has 18 heavy (non-hydrogen) atoms. The first-order chi connectivity index (χ1) is 8.70. The van der Waals surface area contributed by atoms with Crippen molar-refractivity contribution < 1.29 is 0 Å². The smallest absolute Gasteiger partial charge is 0.0444 e. The maximum absolute atomic E-state index is 5.86. The lowest BCUT2D eigenvalue weighted by molar-refractivity contribution is 0.516. The summed E-state index contributed by atoms with van der Waals surface area (Å²) in [5.41, 5.74) is 8.38. The summed E-state index contributed by atoms with van der Waals surface area (Å²) in [5, 5.41) is 3.57. The van der Waals surface area contributed by atoms with Crippen molar-refractivity contribution in [2.24, 2.45) is 11.7 Å². The van der Waals surface area contributed by atoms with Gasteiger partial charge < -0.3 is 16.0 Å². The average Bonchev–Trinajstić information content (AvgIpc) is 3.19. The van der Waals surface area contributed by atoms with Crippen LogP contribution in [0.25, 0.3) is 0 Å². The zero-order valence-corrected chi connectivity index (χ0v) is 11.5. The number of rotatable bonds is 7. The van der Waals surface area contributed by atoms with Crippen LogP contribution in [-0.2, 0) is 0 Å². The Balaban J connectivity index is 1.88. The normalized spacial score (nSPS) is 16.6. The highest BCUT2D eigenvalue weighted by Crippen LogP contribution is 2.32. The van der Waals surface area contributed by atoms with Gasteiger partial charge in [-0.1, -0.05) is 25.0 Å². The zero-order valence-electron chi connectivity index (χ0n) is 11.5. The van der Waals surface area contributed by atoms with Gasteiger partial charge in [-0.15, -0.1) is 0 Å². The topological polar surface area (TPSA) is 41.3 Å². The Bertz CT molecular complexity index is 355. The van der Waals surface area contributed by atoms with Crippen molar-refractivity contribution in [2.45, 2.75) is 25.3 Å². The fourth-order valence-corrected chi connectivity index (χ4v) is 2.21. The van der Waals surface area contributed by atoms with E-state index in [9.17, 15) is 0 Å². The molecule has 100 valence electrons. The molecular weight excluding hydrogens is 222 g/mol. The van der Waals surface area contributed by atoms with E-state index in [1.807, 2.05) is 0 Å². The first kappa shape index (κ1) is 13.4. The lowest BCUT2D eigenvalue weighted by Gasteiger charge is -2.19. The third-order valence-electron chi connectivity index (χ3n) is 3.69. The molecule has 3 N–H and O–H groups in total. The van der Waals surface area contributed by atoms with Crippen molar-refractivity contribution in [3.63, 3.8) is 0 Å². The lowest BCUT2D eigenvalue weighted by Crippen LogP contribution is -2.29. The molecule has 0 amide bonds. The van der Waals surface area contributed by atoms with Gasteiger partial charge in [-0.25, -0.2) is 0 Å². The molecule has 0 aliphatic heterocycles. The second kappa shape index (κ2) is 6.21. The number of benzene rings is 1. The predicted molar refractivity (Wildman–Crippen MR) is 77.9 cm³/mol. The van der Waals surface area contributed by atoms with Crippen molar-refractivity contribution in [1.29, 1.82) is 0 Å². The maximum Gasteiger partial charge on any atom is 0.0444 e. The summed E-state index contributed by atoms with van der Waals surface area (Å²) in [4.78, 5) is 2.11. The molecule has 0 spiro atoms. The van der Waals surface area contributed by atoms with Crippen LogP contribution in [0.1, 0.15) is 30.9 Å². The van der Waals surface area contributed by atoms with E-state index in [0.717, 1.165) is 12.5 Å². The Morgan fingerprint density at radius 2 is 1.94 bits per heavy atom. The molecule has 1 aromatic rings. The van der Waals surface area contributed by atoms with Gasteiger partial charge in [-0.2, -0.15) is 0 Å². The van der Waals surface area contributed by atoms with Crippen molar-refractivity contribution in [2.75, 3.05) is 32.1 Å². The second-order valence-corrected chi connectivity index (χ2v) is 5.46. The summed E-state index contributed by atoms with van der Waals surface area (Å²) < 4.78 is 0. The van der Waals surface area contributed by atoms with Gasteiger partial charge in [0.1, 0.15) is 0 Å². The molecule has 1 saturated carbocycles. The largest absolute Gasteiger partial charge is 0.378 e. The molecule has 1 fully saturated rings. The summed E-state index contributed by atoms with van der Waals surface area (Å²) >= 11 is 0. The number of nitrogens with one attached hydrogen (secondary N) is 1. The second-order valence-electron chi connectivity index (χ2n) is 5.46. The molecule has 1 atom stereocenters. The third-order valence-corrected chi connectivity index (χ3v) is 3.69. The highest BCUT2D eigenvalue weighted by molar-refractivity contribution is 5.46. The standard InChI is InChI=1S/C15H25N3/c1-18(2)14-7-5-13(6-8-14)15(11-16)17-10-9-12-3-4-12/h5-8,12,15,17H,3-4,9-11,16H2,1-2H3. The van der Waals surface area contributed by atoms with Crippen LogP contribution >= 0.6 is 0 Å². The number of nitrogens with zero attached hydrogens (tertiary/aromatic N) is 1. The van der Waals surface area contributed by atoms with Crippen LogP contribution < -0.4 is 16.0 Å². The highest BCUT2D eigenvalue weighted by atomic mass is 15.1. The molecular formula is C15H25N3. The predicted octanol–water partition coefficient (Wildman–Crippen LogP) is 2.14. The first-order valence-corrected chi connectivity index (χ1v) is 6.91. The Kier molecular flexibility index (Phi) is 4.61. The van der Waals surface area contributed by atoms with Crippen molar-refractivity contribution in [3.8, 4) is 0 Å². The fourth-order valence-electron chi connectivity index (χ4n) is 2.21. The fraction of sp³-hybridized carbons (Fsp3) is 0.600. The quantitative estimate of drug-likeness (QED) is 0.775. The van der Waals surface area contributed by atoms with Gasteiger partial charge in [0.2, 0.25) is 0 Å². The summed E-state index contributed by atoms with van der Waals surface area (Å²) in [6, 6.07) is 8.95. The number of anilines is 1. The molecule has 1 aliphatic rings. The van der Waals surface area contributed by atoms with Gasteiger partial charge in [0.25, 0.3) is 0 Å². The molecule has 3 nitrogen and oxygen atoms in total. The number of nitrogens with two attached hydrogens (primary N) is 1. The van der Waals surface area contributed by atoms with Crippen molar-refractivity contribution >= 4 is 5.69 Å². The summed E-state index contributed by atoms with van der Waals surface area (Å²) in [7, 11) is 4.12. The van der Waals surface area contributed by atoms with Gasteiger partial charge in [-0.3, -0.25) is 0 Å². The van der Waals surface area contributed by atoms with E-state index in [1.165, 1.54) is 30.5 Å². The molecule has 1 aliphatic carbocycles. The molecule has 2 rings (SSSR count). The van der Waals surface area contributed by atoms with E-state index >= 15 is 0 Å². The maximum atomic E-state index is 5.86. The molecule has 1 unspecified atom stereocenters. The van der Waals surface area contributed by atoms with E-state index < -0.39 is 0 Å². The highest BCUT2D eigenvalue weighted by Gasteiger charge is 2.20. The van der Waals surface area contributed by atoms with Crippen LogP contribution in [-0.4, -0.2) is 27.2 Å². The van der Waals surface area contributed by atoms with E-state index in [0.29, 0.717) is 12.6 Å². The Morgan fingerprint density at radius 1 is 1.28 bits per heavy atom. The van der Waals surface area contributed by atoms with Crippen LogP contribution in [0.15, 0.2) is 24.3 Å². The van der Waals surface area contributed by atoms with Crippen LogP contribution in [0.2, 0.25) is 0 Å². The van der Waals surface area contributed by atoms with Gasteiger partial charge in [-0.05, 0) is 36.6 Å². The molecule has 0 bridgehead atoms. The van der Waals surface area contributed by atoms with Gasteiger partial charge in [0.15, 0.2) is 0 Å².